The van der Waals surface area contributed by atoms with Gasteiger partial charge in [-0.15, -0.1) is 0 Å². The van der Waals surface area contributed by atoms with Crippen LogP contribution in [0, 0.1) is 5.92 Å². The van der Waals surface area contributed by atoms with Crippen LogP contribution in [-0.4, -0.2) is 29.8 Å². The number of rotatable bonds is 4. The van der Waals surface area contributed by atoms with E-state index in [1.54, 1.807) is 18.7 Å². The number of piperidine rings is 1. The Balaban J connectivity index is 1.65. The van der Waals surface area contributed by atoms with Gasteiger partial charge >= 0.3 is 0 Å². The number of hydrogen-bond donors (Lipinski definition) is 1. The van der Waals surface area contributed by atoms with Crippen molar-refractivity contribution in [3.63, 3.8) is 0 Å². The van der Waals surface area contributed by atoms with Gasteiger partial charge in [-0.2, -0.15) is 0 Å². The topological polar surface area (TPSA) is 49.4 Å². The van der Waals surface area contributed by atoms with Crippen LogP contribution in [0.15, 0.2) is 64.4 Å². The Morgan fingerprint density at radius 3 is 2.32 bits per heavy atom. The van der Waals surface area contributed by atoms with Crippen LogP contribution in [0.1, 0.15) is 19.8 Å². The fraction of sp³-hybridized carbons (Fsp3) is 0.300. The summed E-state index contributed by atoms with van der Waals surface area (Å²) in [6.45, 7) is 2.90. The van der Waals surface area contributed by atoms with E-state index >= 15 is 0 Å². The van der Waals surface area contributed by atoms with E-state index in [4.69, 9.17) is 0 Å². The fourth-order valence-corrected chi connectivity index (χ4v) is 3.89. The molecule has 0 saturated carbocycles. The number of carbonyl (C=O) groups is 2. The van der Waals surface area contributed by atoms with E-state index in [0.717, 1.165) is 28.3 Å². The number of anilines is 1. The van der Waals surface area contributed by atoms with Crippen molar-refractivity contribution in [3.8, 4) is 0 Å². The first kappa shape index (κ1) is 17.5. The van der Waals surface area contributed by atoms with Gasteiger partial charge in [0.05, 0.1) is 5.69 Å². The van der Waals surface area contributed by atoms with Gasteiger partial charge < -0.3 is 10.2 Å². The minimum atomic E-state index is -0.0367. The van der Waals surface area contributed by atoms with Crippen LogP contribution >= 0.6 is 11.8 Å². The fourth-order valence-electron chi connectivity index (χ4n) is 2.97. The Labute approximate surface area is 152 Å². The lowest BCUT2D eigenvalue weighted by Crippen LogP contribution is -2.40. The normalized spacial score (nSPS) is 15.0. The molecular weight excluding hydrogens is 332 g/mol. The molecule has 1 aliphatic rings. The minimum Gasteiger partial charge on any atom is -0.343 e. The van der Waals surface area contributed by atoms with E-state index in [2.05, 4.69) is 17.4 Å². The molecule has 1 fully saturated rings. The highest BCUT2D eigenvalue weighted by atomic mass is 32.2. The smallest absolute Gasteiger partial charge is 0.227 e. The number of hydrogen-bond acceptors (Lipinski definition) is 3. The summed E-state index contributed by atoms with van der Waals surface area (Å²) in [5.74, 6) is 0.0955. The zero-order valence-corrected chi connectivity index (χ0v) is 15.1. The molecule has 0 aromatic heterocycles. The molecule has 5 heteroatoms. The molecule has 2 amide bonds. The molecule has 0 spiro atoms. The SMILES string of the molecule is CC(=O)N1CCC(C(=O)Nc2ccccc2Sc2ccccc2)CC1. The average Bonchev–Trinajstić information content (AvgIpc) is 2.64. The van der Waals surface area contributed by atoms with Crippen molar-refractivity contribution < 1.29 is 9.59 Å². The summed E-state index contributed by atoms with van der Waals surface area (Å²) < 4.78 is 0. The van der Waals surface area contributed by atoms with Crippen LogP contribution in [-0.2, 0) is 9.59 Å². The minimum absolute atomic E-state index is 0.0367. The van der Waals surface area contributed by atoms with Gasteiger partial charge in [-0.25, -0.2) is 0 Å². The van der Waals surface area contributed by atoms with E-state index < -0.39 is 0 Å². The standard InChI is InChI=1S/C20H22N2O2S/c1-15(23)22-13-11-16(12-14-22)20(24)21-18-9-5-6-10-19(18)25-17-7-3-2-4-8-17/h2-10,16H,11-14H2,1H3,(H,21,24). The molecule has 4 nitrogen and oxygen atoms in total. The Morgan fingerprint density at radius 2 is 1.64 bits per heavy atom. The second-order valence-electron chi connectivity index (χ2n) is 6.18. The predicted molar refractivity (Wildman–Crippen MR) is 101 cm³/mol. The maximum atomic E-state index is 12.6. The molecule has 1 aliphatic heterocycles. The van der Waals surface area contributed by atoms with Crippen LogP contribution in [0.2, 0.25) is 0 Å². The van der Waals surface area contributed by atoms with Gasteiger partial charge in [0.2, 0.25) is 11.8 Å². The molecule has 0 bridgehead atoms. The first-order valence-electron chi connectivity index (χ1n) is 8.52. The summed E-state index contributed by atoms with van der Waals surface area (Å²) in [5.41, 5.74) is 0.843. The van der Waals surface area contributed by atoms with Gasteiger partial charge in [-0.3, -0.25) is 9.59 Å². The third-order valence-electron chi connectivity index (χ3n) is 4.43. The summed E-state index contributed by atoms with van der Waals surface area (Å²) in [6, 6.07) is 18.0. The molecular formula is C20H22N2O2S. The Hall–Kier alpha value is -2.27. The van der Waals surface area contributed by atoms with Crippen molar-refractivity contribution in [1.29, 1.82) is 0 Å². The van der Waals surface area contributed by atoms with Gasteiger partial charge in [0, 0.05) is 35.7 Å². The predicted octanol–water partition coefficient (Wildman–Crippen LogP) is 4.03. The number of nitrogens with zero attached hydrogens (tertiary/aromatic N) is 1. The summed E-state index contributed by atoms with van der Waals surface area (Å²) in [5, 5.41) is 3.08. The van der Waals surface area contributed by atoms with Gasteiger partial charge in [0.15, 0.2) is 0 Å². The van der Waals surface area contributed by atoms with Crippen molar-refractivity contribution in [3.05, 3.63) is 54.6 Å². The molecule has 2 aromatic rings. The summed E-state index contributed by atoms with van der Waals surface area (Å²) >= 11 is 1.64. The van der Waals surface area contributed by atoms with Crippen LogP contribution < -0.4 is 5.32 Å². The molecule has 25 heavy (non-hydrogen) atoms. The lowest BCUT2D eigenvalue weighted by atomic mass is 9.96. The summed E-state index contributed by atoms with van der Waals surface area (Å²) in [4.78, 5) is 28.0. The van der Waals surface area contributed by atoms with Crippen molar-refractivity contribution in [2.24, 2.45) is 5.92 Å². The van der Waals surface area contributed by atoms with Crippen LogP contribution in [0.5, 0.6) is 0 Å². The number of nitrogens with one attached hydrogen (secondary N) is 1. The molecule has 0 unspecified atom stereocenters. The largest absolute Gasteiger partial charge is 0.343 e. The quantitative estimate of drug-likeness (QED) is 0.902. The maximum absolute atomic E-state index is 12.6. The third kappa shape index (κ3) is 4.63. The summed E-state index contributed by atoms with van der Waals surface area (Å²) in [6.07, 6.45) is 1.44. The van der Waals surface area contributed by atoms with E-state index in [0.29, 0.717) is 13.1 Å². The lowest BCUT2D eigenvalue weighted by Gasteiger charge is -2.30. The number of para-hydroxylation sites is 1. The Kier molecular flexibility index (Phi) is 5.76. The van der Waals surface area contributed by atoms with E-state index in [9.17, 15) is 9.59 Å². The second kappa shape index (κ2) is 8.21. The zero-order chi connectivity index (χ0) is 17.6. The molecule has 1 heterocycles. The molecule has 130 valence electrons. The van der Waals surface area contributed by atoms with Crippen molar-refractivity contribution in [2.75, 3.05) is 18.4 Å². The van der Waals surface area contributed by atoms with Crippen LogP contribution in [0.3, 0.4) is 0 Å². The molecule has 1 saturated heterocycles. The average molecular weight is 354 g/mol. The summed E-state index contributed by atoms with van der Waals surface area (Å²) in [7, 11) is 0. The molecule has 0 radical (unpaired) electrons. The highest BCUT2D eigenvalue weighted by molar-refractivity contribution is 7.99. The Morgan fingerprint density at radius 1 is 1.00 bits per heavy atom. The van der Waals surface area contributed by atoms with Crippen molar-refractivity contribution in [2.45, 2.75) is 29.6 Å². The number of amides is 2. The maximum Gasteiger partial charge on any atom is 0.227 e. The van der Waals surface area contributed by atoms with Gasteiger partial charge in [-0.1, -0.05) is 42.1 Å². The number of likely N-dealkylation sites (tertiary alicyclic amines) is 1. The van der Waals surface area contributed by atoms with E-state index in [1.807, 2.05) is 47.4 Å². The molecule has 0 aliphatic carbocycles. The molecule has 2 aromatic carbocycles. The first-order valence-corrected chi connectivity index (χ1v) is 9.33. The Bertz CT molecular complexity index is 740. The van der Waals surface area contributed by atoms with Gasteiger partial charge in [-0.05, 0) is 37.1 Å². The second-order valence-corrected chi connectivity index (χ2v) is 7.30. The van der Waals surface area contributed by atoms with Gasteiger partial charge in [0.1, 0.15) is 0 Å². The number of benzene rings is 2. The van der Waals surface area contributed by atoms with Crippen LogP contribution in [0.25, 0.3) is 0 Å². The van der Waals surface area contributed by atoms with Crippen molar-refractivity contribution in [1.82, 2.24) is 4.90 Å². The van der Waals surface area contributed by atoms with E-state index in [-0.39, 0.29) is 17.7 Å². The third-order valence-corrected chi connectivity index (χ3v) is 5.51. The highest BCUT2D eigenvalue weighted by Crippen LogP contribution is 2.33. The monoisotopic (exact) mass is 354 g/mol. The molecule has 1 N–H and O–H groups in total. The van der Waals surface area contributed by atoms with Crippen molar-refractivity contribution >= 4 is 29.3 Å². The van der Waals surface area contributed by atoms with Crippen LogP contribution in [0.4, 0.5) is 5.69 Å². The highest BCUT2D eigenvalue weighted by Gasteiger charge is 2.26. The first-order chi connectivity index (χ1) is 12.1. The van der Waals surface area contributed by atoms with E-state index in [1.165, 1.54) is 0 Å². The zero-order valence-electron chi connectivity index (χ0n) is 14.3. The van der Waals surface area contributed by atoms with Gasteiger partial charge in [0.25, 0.3) is 0 Å². The number of carbonyl (C=O) groups excluding carboxylic acids is 2. The lowest BCUT2D eigenvalue weighted by molar-refractivity contribution is -0.132. The molecule has 3 rings (SSSR count). The molecule has 0 atom stereocenters.